The van der Waals surface area contributed by atoms with Crippen LogP contribution in [0.1, 0.15) is 97.4 Å². The lowest BCUT2D eigenvalue weighted by Crippen LogP contribution is -2.00. The highest BCUT2D eigenvalue weighted by atomic mass is 14.1. The molecule has 17 heavy (non-hydrogen) atoms. The molecule has 0 bridgehead atoms. The molecule has 0 aromatic rings. The molecule has 0 unspecified atom stereocenters. The summed E-state index contributed by atoms with van der Waals surface area (Å²) in [5.41, 5.74) is 2.04. The number of allylic oxidation sites excluding steroid dienone is 2. The second kappa shape index (κ2) is 21.1. The second-order valence-corrected chi connectivity index (χ2v) is 4.73. The minimum atomic E-state index is 0. The molecule has 0 heteroatoms. The lowest BCUT2D eigenvalue weighted by Gasteiger charge is -2.12. The van der Waals surface area contributed by atoms with Crippen molar-refractivity contribution < 1.29 is 0 Å². The molecule has 0 aliphatic heterocycles. The number of hydrogen-bond acceptors (Lipinski definition) is 0. The Labute approximate surface area is 115 Å². The predicted molar refractivity (Wildman–Crippen MR) is 91.0 cm³/mol. The molecule has 0 N–H and O–H groups in total. The van der Waals surface area contributed by atoms with Crippen LogP contribution in [0.15, 0.2) is 11.6 Å². The van der Waals surface area contributed by atoms with Crippen LogP contribution in [0.4, 0.5) is 0 Å². The third kappa shape index (κ3) is 49.6. The van der Waals surface area contributed by atoms with Crippen LogP contribution >= 0.6 is 0 Å². The molecule has 0 rings (SSSR count). The molecule has 0 saturated heterocycles. The fourth-order valence-corrected chi connectivity index (χ4v) is 0.493. The fraction of sp³-hybridized carbons (Fsp3) is 0.882. The second-order valence-electron chi connectivity index (χ2n) is 4.73. The van der Waals surface area contributed by atoms with Gasteiger partial charge < -0.3 is 0 Å². The third-order valence-electron chi connectivity index (χ3n) is 2.17. The molecule has 0 atom stereocenters. The molecule has 0 aliphatic carbocycles. The maximum absolute atomic E-state index is 2.26. The van der Waals surface area contributed by atoms with Gasteiger partial charge in [0, 0.05) is 0 Å². The quantitative estimate of drug-likeness (QED) is 0.438. The van der Waals surface area contributed by atoms with Crippen molar-refractivity contribution in [2.75, 3.05) is 0 Å². The number of hydrogen-bond donors (Lipinski definition) is 0. The van der Waals surface area contributed by atoms with Gasteiger partial charge in [-0.25, -0.2) is 0 Å². The Morgan fingerprint density at radius 1 is 0.882 bits per heavy atom. The highest BCUT2D eigenvalue weighted by Crippen LogP contribution is 2.16. The first kappa shape index (κ1) is 36.0. The van der Waals surface area contributed by atoms with Crippen molar-refractivity contribution in [2.45, 2.75) is 97.4 Å². The Balaban J connectivity index is -0.0000000290. The molecular weight excluding hydrogens is 204 g/mol. The molecule has 0 aromatic heterocycles. The van der Waals surface area contributed by atoms with Gasteiger partial charge in [0.1, 0.15) is 0 Å². The van der Waals surface area contributed by atoms with Gasteiger partial charge in [0.2, 0.25) is 0 Å². The number of rotatable bonds is 2. The van der Waals surface area contributed by atoms with Crippen molar-refractivity contribution in [3.8, 4) is 0 Å². The van der Waals surface area contributed by atoms with Crippen LogP contribution in [-0.2, 0) is 0 Å². The van der Waals surface area contributed by atoms with E-state index in [0.717, 1.165) is 0 Å². The van der Waals surface area contributed by atoms with E-state index in [4.69, 9.17) is 0 Å². The van der Waals surface area contributed by atoms with Crippen LogP contribution in [0.5, 0.6) is 0 Å². The summed E-state index contributed by atoms with van der Waals surface area (Å²) >= 11 is 0. The van der Waals surface area contributed by atoms with E-state index in [1.807, 2.05) is 0 Å². The fourth-order valence-electron chi connectivity index (χ4n) is 0.493. The zero-order valence-corrected chi connectivity index (χ0v) is 10.7. The van der Waals surface area contributed by atoms with Gasteiger partial charge in [0.25, 0.3) is 0 Å². The molecule has 112 valence electrons. The van der Waals surface area contributed by atoms with Crippen LogP contribution in [-0.4, -0.2) is 0 Å². The minimum Gasteiger partial charge on any atom is -0.0859 e. The summed E-state index contributed by atoms with van der Waals surface area (Å²) in [4.78, 5) is 0. The molecule has 0 fully saturated rings. The molecule has 0 amide bonds. The summed E-state index contributed by atoms with van der Waals surface area (Å²) < 4.78 is 0. The van der Waals surface area contributed by atoms with Gasteiger partial charge in [0.05, 0.1) is 0 Å². The maximum atomic E-state index is 2.26. The molecule has 0 saturated carbocycles. The first-order valence-electron chi connectivity index (χ1n) is 5.53. The standard InChI is InChI=1S/C7H14.C6H14.4CH4/c1-4-6-7(3)5-2;1-5-6(2,3)4;;;;/h6H,4-5H2,1-3H3;5H2,1-4H3;4*1H4. The molecular formula is C17H44. The lowest BCUT2D eigenvalue weighted by atomic mass is 9.94. The Kier molecular flexibility index (Phi) is 44.6. The molecule has 0 aromatic carbocycles. The third-order valence-corrected chi connectivity index (χ3v) is 2.17. The normalized spacial score (nSPS) is 9.24. The van der Waals surface area contributed by atoms with Crippen LogP contribution in [0, 0.1) is 5.41 Å². The average Bonchev–Trinajstić information content (AvgIpc) is 2.05. The van der Waals surface area contributed by atoms with Gasteiger partial charge >= 0.3 is 0 Å². The van der Waals surface area contributed by atoms with Crippen LogP contribution in [0.25, 0.3) is 0 Å². The van der Waals surface area contributed by atoms with Gasteiger partial charge in [-0.15, -0.1) is 0 Å². The molecule has 0 radical (unpaired) electrons. The van der Waals surface area contributed by atoms with Crippen LogP contribution < -0.4 is 0 Å². The summed E-state index contributed by atoms with van der Waals surface area (Å²) in [6.07, 6.45) is 5.92. The van der Waals surface area contributed by atoms with Gasteiger partial charge in [-0.2, -0.15) is 0 Å². The van der Waals surface area contributed by atoms with Crippen molar-refractivity contribution in [2.24, 2.45) is 5.41 Å². The van der Waals surface area contributed by atoms with E-state index in [0.29, 0.717) is 5.41 Å². The van der Waals surface area contributed by atoms with E-state index < -0.39 is 0 Å². The highest BCUT2D eigenvalue weighted by Gasteiger charge is 2.03. The molecule has 0 nitrogen and oxygen atoms in total. The van der Waals surface area contributed by atoms with E-state index in [-0.39, 0.29) is 29.7 Å². The van der Waals surface area contributed by atoms with Crippen molar-refractivity contribution in [3.05, 3.63) is 11.6 Å². The summed E-state index contributed by atoms with van der Waals surface area (Å²) in [6, 6.07) is 0. The van der Waals surface area contributed by atoms with Crippen molar-refractivity contribution in [3.63, 3.8) is 0 Å². The summed E-state index contributed by atoms with van der Waals surface area (Å²) in [7, 11) is 0. The minimum absolute atomic E-state index is 0. The molecule has 0 aliphatic rings. The molecule has 0 heterocycles. The van der Waals surface area contributed by atoms with E-state index in [2.05, 4.69) is 54.5 Å². The summed E-state index contributed by atoms with van der Waals surface area (Å²) in [5, 5.41) is 0. The Bertz CT molecular complexity index is 123. The molecule has 0 spiro atoms. The van der Waals surface area contributed by atoms with Crippen LogP contribution in [0.3, 0.4) is 0 Å². The van der Waals surface area contributed by atoms with E-state index in [1.165, 1.54) is 24.8 Å². The SMILES string of the molecule is C.C.C.C.CCC(C)(C)C.CCC=C(C)CC. The Hall–Kier alpha value is -0.260. The predicted octanol–water partition coefficient (Wildman–Crippen LogP) is 7.74. The van der Waals surface area contributed by atoms with Crippen molar-refractivity contribution in [1.82, 2.24) is 0 Å². The average molecular weight is 249 g/mol. The Morgan fingerprint density at radius 3 is 1.24 bits per heavy atom. The van der Waals surface area contributed by atoms with Crippen LogP contribution in [0.2, 0.25) is 0 Å². The largest absolute Gasteiger partial charge is 0.0859 e. The summed E-state index contributed by atoms with van der Waals surface area (Å²) in [5.74, 6) is 0. The van der Waals surface area contributed by atoms with Gasteiger partial charge in [0.15, 0.2) is 0 Å². The van der Waals surface area contributed by atoms with E-state index in [9.17, 15) is 0 Å². The van der Waals surface area contributed by atoms with E-state index >= 15 is 0 Å². The lowest BCUT2D eigenvalue weighted by molar-refractivity contribution is 0.398. The zero-order valence-electron chi connectivity index (χ0n) is 10.7. The van der Waals surface area contributed by atoms with Crippen molar-refractivity contribution in [1.29, 1.82) is 0 Å². The van der Waals surface area contributed by atoms with Gasteiger partial charge in [-0.1, -0.05) is 89.3 Å². The van der Waals surface area contributed by atoms with E-state index in [1.54, 1.807) is 0 Å². The van der Waals surface area contributed by atoms with Gasteiger partial charge in [-0.3, -0.25) is 0 Å². The first-order valence-corrected chi connectivity index (χ1v) is 5.53. The maximum Gasteiger partial charge on any atom is -0.0352 e. The van der Waals surface area contributed by atoms with Gasteiger partial charge in [-0.05, 0) is 25.2 Å². The first-order chi connectivity index (χ1) is 5.87. The zero-order chi connectivity index (χ0) is 10.9. The topological polar surface area (TPSA) is 0 Å². The smallest absolute Gasteiger partial charge is 0.0352 e. The highest BCUT2D eigenvalue weighted by molar-refractivity contribution is 4.95. The Morgan fingerprint density at radius 2 is 1.18 bits per heavy atom. The summed E-state index contributed by atoms with van der Waals surface area (Å²) in [6.45, 7) is 15.5. The monoisotopic (exact) mass is 248 g/mol. The van der Waals surface area contributed by atoms with Crippen molar-refractivity contribution >= 4 is 0 Å².